The van der Waals surface area contributed by atoms with Gasteiger partial charge < -0.3 is 5.32 Å². The predicted molar refractivity (Wildman–Crippen MR) is 77.2 cm³/mol. The van der Waals surface area contributed by atoms with Crippen molar-refractivity contribution in [3.05, 3.63) is 28.0 Å². The van der Waals surface area contributed by atoms with E-state index in [1.54, 1.807) is 0 Å². The van der Waals surface area contributed by atoms with E-state index in [1.165, 1.54) is 12.1 Å². The standard InChI is InChI=1S/C12H15Cl2FN2O2S/c1-7-6-16-5-4-9(7)17-20(18,19)10-3-2-8(13)12(15)11(10)14/h2-3,7,9,16-17H,4-6H2,1H3. The van der Waals surface area contributed by atoms with E-state index in [-0.39, 0.29) is 21.9 Å². The fourth-order valence-electron chi connectivity index (χ4n) is 2.17. The molecule has 0 aliphatic carbocycles. The number of rotatable bonds is 3. The molecule has 1 aliphatic heterocycles. The SMILES string of the molecule is CC1CNCCC1NS(=O)(=O)c1ccc(Cl)c(F)c1Cl. The smallest absolute Gasteiger partial charge is 0.242 e. The summed E-state index contributed by atoms with van der Waals surface area (Å²) in [6, 6.07) is 2.20. The number of hydrogen-bond acceptors (Lipinski definition) is 3. The van der Waals surface area contributed by atoms with E-state index in [1.807, 2.05) is 6.92 Å². The topological polar surface area (TPSA) is 58.2 Å². The van der Waals surface area contributed by atoms with E-state index >= 15 is 0 Å². The van der Waals surface area contributed by atoms with Crippen LogP contribution in [0.25, 0.3) is 0 Å². The Morgan fingerprint density at radius 1 is 1.40 bits per heavy atom. The minimum atomic E-state index is -3.87. The van der Waals surface area contributed by atoms with Crippen LogP contribution in [0.4, 0.5) is 4.39 Å². The molecule has 0 radical (unpaired) electrons. The summed E-state index contributed by atoms with van der Waals surface area (Å²) < 4.78 is 40.8. The molecule has 1 heterocycles. The average Bonchev–Trinajstić information content (AvgIpc) is 2.38. The minimum Gasteiger partial charge on any atom is -0.316 e. The van der Waals surface area contributed by atoms with Crippen molar-refractivity contribution >= 4 is 33.2 Å². The van der Waals surface area contributed by atoms with Crippen molar-refractivity contribution in [1.29, 1.82) is 0 Å². The predicted octanol–water partition coefficient (Wildman–Crippen LogP) is 2.41. The van der Waals surface area contributed by atoms with E-state index in [4.69, 9.17) is 23.2 Å². The molecule has 8 heteroatoms. The van der Waals surface area contributed by atoms with E-state index in [0.29, 0.717) is 6.42 Å². The van der Waals surface area contributed by atoms with Gasteiger partial charge in [-0.1, -0.05) is 30.1 Å². The van der Waals surface area contributed by atoms with Gasteiger partial charge in [0, 0.05) is 6.04 Å². The highest BCUT2D eigenvalue weighted by atomic mass is 35.5. The lowest BCUT2D eigenvalue weighted by atomic mass is 9.97. The summed E-state index contributed by atoms with van der Waals surface area (Å²) >= 11 is 11.3. The number of hydrogen-bond donors (Lipinski definition) is 2. The molecular weight excluding hydrogens is 326 g/mol. The first-order valence-corrected chi connectivity index (χ1v) is 8.43. The monoisotopic (exact) mass is 340 g/mol. The Bertz CT molecular complexity index is 610. The molecule has 0 bridgehead atoms. The molecule has 2 atom stereocenters. The molecule has 1 aromatic rings. The van der Waals surface area contributed by atoms with Gasteiger partial charge in [0.25, 0.3) is 0 Å². The van der Waals surface area contributed by atoms with Gasteiger partial charge in [-0.15, -0.1) is 0 Å². The zero-order valence-corrected chi connectivity index (χ0v) is 13.1. The van der Waals surface area contributed by atoms with Crippen LogP contribution in [0.1, 0.15) is 13.3 Å². The highest BCUT2D eigenvalue weighted by Crippen LogP contribution is 2.30. The maximum atomic E-state index is 13.6. The second-order valence-corrected chi connectivity index (χ2v) is 7.34. The average molecular weight is 341 g/mol. The lowest BCUT2D eigenvalue weighted by Gasteiger charge is -2.30. The van der Waals surface area contributed by atoms with Crippen molar-refractivity contribution in [3.63, 3.8) is 0 Å². The van der Waals surface area contributed by atoms with Crippen molar-refractivity contribution < 1.29 is 12.8 Å². The summed E-state index contributed by atoms with van der Waals surface area (Å²) in [5.41, 5.74) is 0. The second-order valence-electron chi connectivity index (χ2n) is 4.87. The van der Waals surface area contributed by atoms with Gasteiger partial charge in [-0.2, -0.15) is 0 Å². The zero-order chi connectivity index (χ0) is 14.9. The largest absolute Gasteiger partial charge is 0.316 e. The number of piperidine rings is 1. The third kappa shape index (κ3) is 3.26. The van der Waals surface area contributed by atoms with Gasteiger partial charge >= 0.3 is 0 Å². The van der Waals surface area contributed by atoms with Crippen LogP contribution in [0.3, 0.4) is 0 Å². The zero-order valence-electron chi connectivity index (χ0n) is 10.8. The van der Waals surface area contributed by atoms with Crippen LogP contribution in [0.2, 0.25) is 10.0 Å². The third-order valence-electron chi connectivity index (χ3n) is 3.38. The van der Waals surface area contributed by atoms with Crippen molar-refractivity contribution in [3.8, 4) is 0 Å². The Balaban J connectivity index is 2.29. The van der Waals surface area contributed by atoms with E-state index < -0.39 is 20.9 Å². The second kappa shape index (κ2) is 6.15. The Morgan fingerprint density at radius 2 is 2.10 bits per heavy atom. The summed E-state index contributed by atoms with van der Waals surface area (Å²) in [5, 5.41) is 2.50. The minimum absolute atomic E-state index is 0.148. The number of benzene rings is 1. The Labute approximate surface area is 127 Å². The number of nitrogens with one attached hydrogen (secondary N) is 2. The van der Waals surface area contributed by atoms with Gasteiger partial charge in [-0.25, -0.2) is 17.5 Å². The lowest BCUT2D eigenvalue weighted by molar-refractivity contribution is 0.328. The van der Waals surface area contributed by atoms with E-state index in [9.17, 15) is 12.8 Å². The maximum absolute atomic E-state index is 13.6. The molecule has 2 N–H and O–H groups in total. The third-order valence-corrected chi connectivity index (χ3v) is 5.69. The maximum Gasteiger partial charge on any atom is 0.242 e. The van der Waals surface area contributed by atoms with Crippen LogP contribution in [0.15, 0.2) is 17.0 Å². The first kappa shape index (κ1) is 16.0. The number of sulfonamides is 1. The van der Waals surface area contributed by atoms with Crippen LogP contribution >= 0.6 is 23.2 Å². The summed E-state index contributed by atoms with van der Waals surface area (Å²) in [5.74, 6) is -0.774. The van der Waals surface area contributed by atoms with Crippen LogP contribution in [0, 0.1) is 11.7 Å². The summed E-state index contributed by atoms with van der Waals surface area (Å²) in [6.45, 7) is 3.42. The van der Waals surface area contributed by atoms with Crippen LogP contribution < -0.4 is 10.0 Å². The summed E-state index contributed by atoms with van der Waals surface area (Å²) in [4.78, 5) is -0.285. The van der Waals surface area contributed by atoms with Crippen molar-refractivity contribution in [2.75, 3.05) is 13.1 Å². The lowest BCUT2D eigenvalue weighted by Crippen LogP contribution is -2.48. The molecule has 20 heavy (non-hydrogen) atoms. The molecule has 1 saturated heterocycles. The Morgan fingerprint density at radius 3 is 2.75 bits per heavy atom. The normalized spacial score (nSPS) is 23.8. The molecule has 0 amide bonds. The van der Waals surface area contributed by atoms with Gasteiger partial charge in [-0.05, 0) is 37.6 Å². The highest BCUT2D eigenvalue weighted by Gasteiger charge is 2.29. The van der Waals surface area contributed by atoms with E-state index in [0.717, 1.165) is 13.1 Å². The Hall–Kier alpha value is -0.400. The van der Waals surface area contributed by atoms with Crippen molar-refractivity contribution in [2.45, 2.75) is 24.3 Å². The first-order chi connectivity index (χ1) is 9.33. The molecule has 4 nitrogen and oxygen atoms in total. The molecule has 112 valence electrons. The molecule has 0 aromatic heterocycles. The fourth-order valence-corrected chi connectivity index (χ4v) is 4.29. The quantitative estimate of drug-likeness (QED) is 0.830. The summed E-state index contributed by atoms with van der Waals surface area (Å²) in [6.07, 6.45) is 0.675. The first-order valence-electron chi connectivity index (χ1n) is 6.19. The van der Waals surface area contributed by atoms with Crippen LogP contribution in [0.5, 0.6) is 0 Å². The summed E-state index contributed by atoms with van der Waals surface area (Å²) in [7, 11) is -3.87. The molecular formula is C12H15Cl2FN2O2S. The van der Waals surface area contributed by atoms with Gasteiger partial charge in [-0.3, -0.25) is 0 Å². The highest BCUT2D eigenvalue weighted by molar-refractivity contribution is 7.89. The molecule has 1 aromatic carbocycles. The molecule has 2 unspecified atom stereocenters. The van der Waals surface area contributed by atoms with Crippen LogP contribution in [-0.2, 0) is 10.0 Å². The molecule has 1 fully saturated rings. The van der Waals surface area contributed by atoms with E-state index in [2.05, 4.69) is 10.0 Å². The molecule has 2 rings (SSSR count). The van der Waals surface area contributed by atoms with Gasteiger partial charge in [0.1, 0.15) is 4.90 Å². The Kier molecular flexibility index (Phi) is 4.92. The molecule has 0 spiro atoms. The fraction of sp³-hybridized carbons (Fsp3) is 0.500. The van der Waals surface area contributed by atoms with Gasteiger partial charge in [0.15, 0.2) is 5.82 Å². The van der Waals surface area contributed by atoms with Crippen molar-refractivity contribution in [1.82, 2.24) is 10.0 Å². The van der Waals surface area contributed by atoms with Crippen molar-refractivity contribution in [2.24, 2.45) is 5.92 Å². The molecule has 1 aliphatic rings. The molecule has 0 saturated carbocycles. The van der Waals surface area contributed by atoms with Gasteiger partial charge in [0.05, 0.1) is 10.0 Å². The number of halogens is 3. The van der Waals surface area contributed by atoms with Gasteiger partial charge in [0.2, 0.25) is 10.0 Å². The van der Waals surface area contributed by atoms with Crippen LogP contribution in [-0.4, -0.2) is 27.5 Å².